The van der Waals surface area contributed by atoms with Crippen LogP contribution in [0.3, 0.4) is 0 Å². The van der Waals surface area contributed by atoms with Gasteiger partial charge < -0.3 is 19.4 Å². The van der Waals surface area contributed by atoms with Gasteiger partial charge in [-0.1, -0.05) is 6.07 Å². The molecule has 8 heteroatoms. The minimum Gasteiger partial charge on any atom is -0.436 e. The zero-order chi connectivity index (χ0) is 22.9. The molecule has 5 rings (SSSR count). The molecule has 1 saturated carbocycles. The summed E-state index contributed by atoms with van der Waals surface area (Å²) in [5.41, 5.74) is 1.79. The number of carbonyl (C=O) groups excluding carboxylic acids is 2. The lowest BCUT2D eigenvalue weighted by molar-refractivity contribution is -0.130. The lowest BCUT2D eigenvalue weighted by Crippen LogP contribution is -2.41. The summed E-state index contributed by atoms with van der Waals surface area (Å²) >= 11 is 0. The Kier molecular flexibility index (Phi) is 5.85. The molecule has 2 amide bonds. The molecule has 1 unspecified atom stereocenters. The predicted octanol–water partition coefficient (Wildman–Crippen LogP) is 3.92. The van der Waals surface area contributed by atoms with Crippen molar-refractivity contribution in [3.05, 3.63) is 53.8 Å². The summed E-state index contributed by atoms with van der Waals surface area (Å²) in [5, 5.41) is 3.08. The van der Waals surface area contributed by atoms with E-state index < -0.39 is 5.82 Å². The van der Waals surface area contributed by atoms with Crippen LogP contribution in [0.1, 0.15) is 42.5 Å². The van der Waals surface area contributed by atoms with E-state index >= 15 is 0 Å². The second-order valence-electron chi connectivity index (χ2n) is 8.77. The smallest absolute Gasteiger partial charge is 0.253 e. The first-order valence-electron chi connectivity index (χ1n) is 11.3. The maximum absolute atomic E-state index is 13.9. The third-order valence-electron chi connectivity index (χ3n) is 6.59. The number of carbonyl (C=O) groups is 2. The van der Waals surface area contributed by atoms with Crippen molar-refractivity contribution in [2.75, 3.05) is 13.7 Å². The van der Waals surface area contributed by atoms with E-state index in [-0.39, 0.29) is 35.5 Å². The number of amides is 2. The summed E-state index contributed by atoms with van der Waals surface area (Å²) in [6, 6.07) is 11.7. The normalized spacial score (nSPS) is 22.5. The van der Waals surface area contributed by atoms with Crippen LogP contribution in [-0.4, -0.2) is 53.5 Å². The Morgan fingerprint density at radius 1 is 1.12 bits per heavy atom. The molecule has 1 aromatic heterocycles. The number of rotatable bonds is 5. The van der Waals surface area contributed by atoms with Crippen molar-refractivity contribution in [3.8, 4) is 11.5 Å². The number of para-hydroxylation sites is 1. The maximum Gasteiger partial charge on any atom is 0.253 e. The molecule has 7 nitrogen and oxygen atoms in total. The number of benzene rings is 2. The van der Waals surface area contributed by atoms with E-state index in [9.17, 15) is 14.0 Å². The van der Waals surface area contributed by atoms with E-state index in [0.29, 0.717) is 29.2 Å². The molecule has 1 aliphatic carbocycles. The SMILES string of the molecule is CN(C(=O)c1ccc(-c2nc3c(F)cccc3o2)cc1)[C@@H]1CC[C@H](NC(=O)C2CCCO2)C1. The van der Waals surface area contributed by atoms with E-state index in [2.05, 4.69) is 10.3 Å². The first-order valence-corrected chi connectivity index (χ1v) is 11.3. The molecular formula is C25H26FN3O4. The Labute approximate surface area is 190 Å². The van der Waals surface area contributed by atoms with Crippen LogP contribution < -0.4 is 5.32 Å². The average Bonchev–Trinajstić information content (AvgIpc) is 3.59. The highest BCUT2D eigenvalue weighted by Gasteiger charge is 2.33. The van der Waals surface area contributed by atoms with Crippen LogP contribution in [0.5, 0.6) is 0 Å². The highest BCUT2D eigenvalue weighted by Crippen LogP contribution is 2.28. The van der Waals surface area contributed by atoms with Crippen molar-refractivity contribution >= 4 is 22.9 Å². The van der Waals surface area contributed by atoms with Gasteiger partial charge in [0, 0.05) is 36.9 Å². The Bertz CT molecular complexity index is 1170. The van der Waals surface area contributed by atoms with E-state index in [1.807, 2.05) is 0 Å². The van der Waals surface area contributed by atoms with Gasteiger partial charge in [0.05, 0.1) is 0 Å². The van der Waals surface area contributed by atoms with Gasteiger partial charge in [0.1, 0.15) is 11.6 Å². The summed E-state index contributed by atoms with van der Waals surface area (Å²) in [4.78, 5) is 31.3. The van der Waals surface area contributed by atoms with Crippen molar-refractivity contribution in [2.45, 2.75) is 50.3 Å². The number of aromatic nitrogens is 1. The zero-order valence-electron chi connectivity index (χ0n) is 18.4. The highest BCUT2D eigenvalue weighted by atomic mass is 19.1. The average molecular weight is 451 g/mol. The van der Waals surface area contributed by atoms with Gasteiger partial charge in [0.25, 0.3) is 5.91 Å². The molecule has 1 N–H and O–H groups in total. The molecule has 2 aromatic carbocycles. The van der Waals surface area contributed by atoms with E-state index in [1.165, 1.54) is 6.07 Å². The largest absolute Gasteiger partial charge is 0.436 e. The summed E-state index contributed by atoms with van der Waals surface area (Å²) in [6.07, 6.45) is 3.77. The van der Waals surface area contributed by atoms with Gasteiger partial charge in [0.2, 0.25) is 11.8 Å². The standard InChI is InChI=1S/C25H26FN3O4/c1-29(18-12-11-17(14-18)27-23(30)21-6-3-13-32-21)25(31)16-9-7-15(8-10-16)24-28-22-19(26)4-2-5-20(22)33-24/h2,4-5,7-10,17-18,21H,3,6,11-14H2,1H3,(H,27,30)/t17-,18+,21?/m0/s1. The molecular weight excluding hydrogens is 425 g/mol. The van der Waals surface area contributed by atoms with E-state index in [4.69, 9.17) is 9.15 Å². The number of ether oxygens (including phenoxy) is 1. The second kappa shape index (κ2) is 8.94. The highest BCUT2D eigenvalue weighted by molar-refractivity contribution is 5.94. The molecule has 0 spiro atoms. The number of fused-ring (bicyclic) bond motifs is 1. The van der Waals surface area contributed by atoms with Crippen molar-refractivity contribution in [1.82, 2.24) is 15.2 Å². The van der Waals surface area contributed by atoms with Gasteiger partial charge in [-0.25, -0.2) is 9.37 Å². The molecule has 33 heavy (non-hydrogen) atoms. The quantitative estimate of drug-likeness (QED) is 0.636. The molecule has 2 fully saturated rings. The lowest BCUT2D eigenvalue weighted by Gasteiger charge is -2.25. The molecule has 0 radical (unpaired) electrons. The summed E-state index contributed by atoms with van der Waals surface area (Å²) in [7, 11) is 1.80. The summed E-state index contributed by atoms with van der Waals surface area (Å²) in [5.74, 6) is -0.246. The van der Waals surface area contributed by atoms with Gasteiger partial charge in [-0.3, -0.25) is 9.59 Å². The monoisotopic (exact) mass is 451 g/mol. The van der Waals surface area contributed by atoms with Crippen molar-refractivity contribution in [2.24, 2.45) is 0 Å². The van der Waals surface area contributed by atoms with Crippen LogP contribution in [-0.2, 0) is 9.53 Å². The maximum atomic E-state index is 13.9. The van der Waals surface area contributed by atoms with Gasteiger partial charge >= 0.3 is 0 Å². The third kappa shape index (κ3) is 4.35. The van der Waals surface area contributed by atoms with Gasteiger partial charge in [-0.05, 0) is 68.5 Å². The zero-order valence-corrected chi connectivity index (χ0v) is 18.4. The fourth-order valence-electron chi connectivity index (χ4n) is 4.68. The minimum absolute atomic E-state index is 0.0400. The molecule has 1 aliphatic heterocycles. The van der Waals surface area contributed by atoms with E-state index in [1.54, 1.807) is 48.3 Å². The molecule has 0 bridgehead atoms. The molecule has 172 valence electrons. The summed E-state index contributed by atoms with van der Waals surface area (Å²) < 4.78 is 25.0. The number of nitrogens with one attached hydrogen (secondary N) is 1. The Morgan fingerprint density at radius 2 is 1.94 bits per heavy atom. The van der Waals surface area contributed by atoms with Crippen molar-refractivity contribution < 1.29 is 23.1 Å². The molecule has 2 aliphatic rings. The number of nitrogens with zero attached hydrogens (tertiary/aromatic N) is 2. The number of halogens is 1. The van der Waals surface area contributed by atoms with Crippen LogP contribution in [0.2, 0.25) is 0 Å². The Hall–Kier alpha value is -3.26. The lowest BCUT2D eigenvalue weighted by atomic mass is 10.1. The van der Waals surface area contributed by atoms with Crippen LogP contribution in [0.4, 0.5) is 4.39 Å². The second-order valence-corrected chi connectivity index (χ2v) is 8.77. The Morgan fingerprint density at radius 3 is 2.67 bits per heavy atom. The van der Waals surface area contributed by atoms with Crippen molar-refractivity contribution in [1.29, 1.82) is 0 Å². The predicted molar refractivity (Wildman–Crippen MR) is 120 cm³/mol. The van der Waals surface area contributed by atoms with Crippen LogP contribution in [0.15, 0.2) is 46.9 Å². The third-order valence-corrected chi connectivity index (χ3v) is 6.59. The number of hydrogen-bond acceptors (Lipinski definition) is 5. The van der Waals surface area contributed by atoms with Crippen LogP contribution >= 0.6 is 0 Å². The van der Waals surface area contributed by atoms with Gasteiger partial charge in [-0.15, -0.1) is 0 Å². The first kappa shape index (κ1) is 21.6. The molecule has 3 aromatic rings. The van der Waals surface area contributed by atoms with E-state index in [0.717, 1.165) is 32.1 Å². The minimum atomic E-state index is -0.433. The van der Waals surface area contributed by atoms with Crippen LogP contribution in [0, 0.1) is 5.82 Å². The van der Waals surface area contributed by atoms with Crippen molar-refractivity contribution in [3.63, 3.8) is 0 Å². The Balaban J connectivity index is 1.22. The molecule has 2 heterocycles. The fourth-order valence-corrected chi connectivity index (χ4v) is 4.68. The van der Waals surface area contributed by atoms with Gasteiger partial charge in [-0.2, -0.15) is 0 Å². The summed E-state index contributed by atoms with van der Waals surface area (Å²) in [6.45, 7) is 0.644. The van der Waals surface area contributed by atoms with Crippen LogP contribution in [0.25, 0.3) is 22.6 Å². The number of oxazole rings is 1. The number of hydrogen-bond donors (Lipinski definition) is 1. The fraction of sp³-hybridized carbons (Fsp3) is 0.400. The topological polar surface area (TPSA) is 84.7 Å². The first-order chi connectivity index (χ1) is 16.0. The molecule has 1 saturated heterocycles. The van der Waals surface area contributed by atoms with Gasteiger partial charge in [0.15, 0.2) is 11.4 Å². The molecule has 3 atom stereocenters.